The van der Waals surface area contributed by atoms with Crippen molar-refractivity contribution in [2.75, 3.05) is 37.6 Å². The molecule has 2 aromatic rings. The molecule has 0 bridgehead atoms. The quantitative estimate of drug-likeness (QED) is 0.567. The summed E-state index contributed by atoms with van der Waals surface area (Å²) in [5.74, 6) is -0.478. The van der Waals surface area contributed by atoms with Gasteiger partial charge in [0, 0.05) is 44.0 Å². The first-order chi connectivity index (χ1) is 12.9. The van der Waals surface area contributed by atoms with Gasteiger partial charge >= 0.3 is 0 Å². The second-order valence-corrected chi connectivity index (χ2v) is 6.71. The number of carbonyl (C=O) groups excluding carboxylic acids is 2. The summed E-state index contributed by atoms with van der Waals surface area (Å²) in [6.45, 7) is 2.15. The van der Waals surface area contributed by atoms with Crippen LogP contribution in [0.5, 0.6) is 0 Å². The number of hydrogen-bond donors (Lipinski definition) is 1. The van der Waals surface area contributed by atoms with E-state index in [0.29, 0.717) is 30.8 Å². The molecule has 27 heavy (non-hydrogen) atoms. The van der Waals surface area contributed by atoms with E-state index in [0.717, 1.165) is 5.69 Å². The number of benzene rings is 1. The van der Waals surface area contributed by atoms with Gasteiger partial charge in [-0.3, -0.25) is 19.7 Å². The normalized spacial score (nSPS) is 14.1. The molecule has 3 rings (SSSR count). The van der Waals surface area contributed by atoms with Gasteiger partial charge in [0.2, 0.25) is 5.91 Å². The molecule has 0 saturated carbocycles. The number of amides is 2. The van der Waals surface area contributed by atoms with E-state index < -0.39 is 10.8 Å². The summed E-state index contributed by atoms with van der Waals surface area (Å²) < 4.78 is 5.59. The molecule has 1 aliphatic rings. The van der Waals surface area contributed by atoms with Gasteiger partial charge in [-0.25, -0.2) is 0 Å². The molecule has 1 fully saturated rings. The smallest absolute Gasteiger partial charge is 0.287 e. The van der Waals surface area contributed by atoms with E-state index >= 15 is 0 Å². The minimum Gasteiger partial charge on any atom is -0.444 e. The van der Waals surface area contributed by atoms with Crippen molar-refractivity contribution in [2.24, 2.45) is 0 Å². The Morgan fingerprint density at radius 3 is 2.33 bits per heavy atom. The highest BCUT2D eigenvalue weighted by molar-refractivity contribution is 9.10. The van der Waals surface area contributed by atoms with Crippen molar-refractivity contribution in [1.82, 2.24) is 10.2 Å². The summed E-state index contributed by atoms with van der Waals surface area (Å²) in [7, 11) is 0. The fourth-order valence-corrected chi connectivity index (χ4v) is 3.10. The van der Waals surface area contributed by atoms with Crippen LogP contribution < -0.4 is 10.2 Å². The number of hydrogen-bond acceptors (Lipinski definition) is 6. The SMILES string of the molecule is O=C(NCC(=O)N1CCN(c2ccc([N+](=O)[O-])cc2)CC1)c1ccc(Br)o1. The molecule has 1 N–H and O–H groups in total. The molecule has 1 aromatic heterocycles. The van der Waals surface area contributed by atoms with Gasteiger partial charge in [-0.15, -0.1) is 0 Å². The van der Waals surface area contributed by atoms with Crippen LogP contribution in [0.3, 0.4) is 0 Å². The summed E-state index contributed by atoms with van der Waals surface area (Å²) in [4.78, 5) is 38.2. The van der Waals surface area contributed by atoms with Gasteiger partial charge in [-0.1, -0.05) is 0 Å². The molecule has 2 heterocycles. The predicted octanol–water partition coefficient (Wildman–Crippen LogP) is 2.03. The van der Waals surface area contributed by atoms with Gasteiger partial charge < -0.3 is 19.5 Å². The Kier molecular flexibility index (Phi) is 5.75. The molecule has 1 saturated heterocycles. The minimum atomic E-state index is -0.446. The highest BCUT2D eigenvalue weighted by atomic mass is 79.9. The predicted molar refractivity (Wildman–Crippen MR) is 101 cm³/mol. The third-order valence-electron chi connectivity index (χ3n) is 4.26. The summed E-state index contributed by atoms with van der Waals surface area (Å²) in [5.41, 5.74) is 0.927. The fraction of sp³-hybridized carbons (Fsp3) is 0.294. The van der Waals surface area contributed by atoms with E-state index in [2.05, 4.69) is 26.1 Å². The molecule has 1 aliphatic heterocycles. The molecule has 1 aromatic carbocycles. The Morgan fingerprint density at radius 2 is 1.78 bits per heavy atom. The van der Waals surface area contributed by atoms with Gasteiger partial charge in [-0.2, -0.15) is 0 Å². The van der Waals surface area contributed by atoms with E-state index in [-0.39, 0.29) is 23.9 Å². The highest BCUT2D eigenvalue weighted by Crippen LogP contribution is 2.20. The Balaban J connectivity index is 1.47. The Morgan fingerprint density at radius 1 is 1.11 bits per heavy atom. The molecule has 10 heteroatoms. The number of anilines is 1. The van der Waals surface area contributed by atoms with Crippen LogP contribution in [0.25, 0.3) is 0 Å². The number of furan rings is 1. The van der Waals surface area contributed by atoms with Crippen molar-refractivity contribution in [3.8, 4) is 0 Å². The van der Waals surface area contributed by atoms with E-state index in [9.17, 15) is 19.7 Å². The summed E-state index contributed by atoms with van der Waals surface area (Å²) >= 11 is 3.12. The van der Waals surface area contributed by atoms with Gasteiger partial charge in [0.05, 0.1) is 11.5 Å². The number of halogens is 1. The van der Waals surface area contributed by atoms with Crippen molar-refractivity contribution < 1.29 is 18.9 Å². The van der Waals surface area contributed by atoms with E-state index in [1.807, 2.05) is 0 Å². The number of non-ortho nitro benzene ring substituents is 1. The van der Waals surface area contributed by atoms with Crippen LogP contribution in [0.2, 0.25) is 0 Å². The average Bonchev–Trinajstić information content (AvgIpc) is 3.12. The Hall–Kier alpha value is -2.88. The highest BCUT2D eigenvalue weighted by Gasteiger charge is 2.22. The van der Waals surface area contributed by atoms with Crippen LogP contribution in [0.15, 0.2) is 45.5 Å². The van der Waals surface area contributed by atoms with Gasteiger partial charge in [0.15, 0.2) is 10.4 Å². The van der Waals surface area contributed by atoms with Crippen molar-refractivity contribution in [2.45, 2.75) is 0 Å². The maximum absolute atomic E-state index is 12.3. The maximum Gasteiger partial charge on any atom is 0.287 e. The van der Waals surface area contributed by atoms with E-state index in [1.165, 1.54) is 18.2 Å². The summed E-state index contributed by atoms with van der Waals surface area (Å²) in [5, 5.41) is 13.3. The van der Waals surface area contributed by atoms with Crippen molar-refractivity contribution >= 4 is 39.1 Å². The van der Waals surface area contributed by atoms with E-state index in [4.69, 9.17) is 4.42 Å². The molecule has 142 valence electrons. The van der Waals surface area contributed by atoms with Crippen LogP contribution >= 0.6 is 15.9 Å². The largest absolute Gasteiger partial charge is 0.444 e. The molecular weight excluding hydrogens is 420 g/mol. The molecule has 0 radical (unpaired) electrons. The van der Waals surface area contributed by atoms with Crippen molar-refractivity contribution in [3.05, 3.63) is 56.9 Å². The molecule has 0 unspecified atom stereocenters. The molecule has 0 aliphatic carbocycles. The van der Waals surface area contributed by atoms with Crippen LogP contribution in [0.4, 0.5) is 11.4 Å². The summed E-state index contributed by atoms with van der Waals surface area (Å²) in [6, 6.07) is 9.47. The third kappa shape index (κ3) is 4.64. The first-order valence-electron chi connectivity index (χ1n) is 8.25. The number of nitrogens with one attached hydrogen (secondary N) is 1. The second-order valence-electron chi connectivity index (χ2n) is 5.93. The minimum absolute atomic E-state index is 0.0480. The molecule has 0 spiro atoms. The second kappa shape index (κ2) is 8.21. The average molecular weight is 437 g/mol. The zero-order valence-electron chi connectivity index (χ0n) is 14.3. The monoisotopic (exact) mass is 436 g/mol. The standard InChI is InChI=1S/C17H17BrN4O5/c18-15-6-5-14(27-15)17(24)19-11-16(23)21-9-7-20(8-10-21)12-1-3-13(4-2-12)22(25)26/h1-6H,7-11H2,(H,19,24). The number of nitro benzene ring substituents is 1. The van der Waals surface area contributed by atoms with Crippen molar-refractivity contribution in [3.63, 3.8) is 0 Å². The number of carbonyl (C=O) groups is 2. The molecule has 0 atom stereocenters. The lowest BCUT2D eigenvalue weighted by Gasteiger charge is -2.36. The fourth-order valence-electron chi connectivity index (χ4n) is 2.79. The Labute approximate surface area is 163 Å². The molecule has 2 amide bonds. The van der Waals surface area contributed by atoms with Gasteiger partial charge in [0.25, 0.3) is 11.6 Å². The van der Waals surface area contributed by atoms with Crippen molar-refractivity contribution in [1.29, 1.82) is 0 Å². The van der Waals surface area contributed by atoms with Crippen LogP contribution in [-0.4, -0.2) is 54.4 Å². The number of rotatable bonds is 5. The van der Waals surface area contributed by atoms with Gasteiger partial charge in [0.1, 0.15) is 0 Å². The lowest BCUT2D eigenvalue weighted by atomic mass is 10.2. The van der Waals surface area contributed by atoms with Crippen LogP contribution in [-0.2, 0) is 4.79 Å². The lowest BCUT2D eigenvalue weighted by Crippen LogP contribution is -2.51. The first-order valence-corrected chi connectivity index (χ1v) is 9.04. The summed E-state index contributed by atoms with van der Waals surface area (Å²) in [6.07, 6.45) is 0. The Bertz CT molecular complexity index is 843. The molecular formula is C17H17BrN4O5. The molecule has 9 nitrogen and oxygen atoms in total. The zero-order chi connectivity index (χ0) is 19.4. The first kappa shape index (κ1) is 18.9. The van der Waals surface area contributed by atoms with Gasteiger partial charge in [-0.05, 0) is 40.2 Å². The zero-order valence-corrected chi connectivity index (χ0v) is 15.8. The van der Waals surface area contributed by atoms with E-state index in [1.54, 1.807) is 23.1 Å². The van der Waals surface area contributed by atoms with Crippen LogP contribution in [0, 0.1) is 10.1 Å². The number of nitro groups is 1. The van der Waals surface area contributed by atoms with Crippen LogP contribution in [0.1, 0.15) is 10.6 Å². The third-order valence-corrected chi connectivity index (χ3v) is 4.68. The number of piperazine rings is 1. The maximum atomic E-state index is 12.3. The number of nitrogens with zero attached hydrogens (tertiary/aromatic N) is 3. The lowest BCUT2D eigenvalue weighted by molar-refractivity contribution is -0.384. The topological polar surface area (TPSA) is 109 Å².